The summed E-state index contributed by atoms with van der Waals surface area (Å²) in [4.78, 5) is 14.1. The maximum absolute atomic E-state index is 12.1. The number of hydrogen-bond acceptors (Lipinski definition) is 4. The van der Waals surface area contributed by atoms with Crippen LogP contribution in [-0.4, -0.2) is 50.2 Å². The summed E-state index contributed by atoms with van der Waals surface area (Å²) in [5, 5.41) is 3.76. The van der Waals surface area contributed by atoms with Gasteiger partial charge in [0.05, 0.1) is 12.7 Å². The van der Waals surface area contributed by atoms with Gasteiger partial charge in [-0.05, 0) is 44.5 Å². The van der Waals surface area contributed by atoms with Gasteiger partial charge in [-0.3, -0.25) is 15.6 Å². The SMILES string of the molecule is COc1ccc(Cl)cc1C(=O)NNC(=S)NCCN(C)C. The van der Waals surface area contributed by atoms with E-state index in [4.69, 9.17) is 28.6 Å². The van der Waals surface area contributed by atoms with Crippen molar-refractivity contribution in [3.05, 3.63) is 28.8 Å². The van der Waals surface area contributed by atoms with Crippen LogP contribution in [-0.2, 0) is 0 Å². The molecule has 0 spiro atoms. The smallest absolute Gasteiger partial charge is 0.273 e. The Morgan fingerprint density at radius 3 is 2.71 bits per heavy atom. The van der Waals surface area contributed by atoms with Crippen LogP contribution in [0.5, 0.6) is 5.75 Å². The number of nitrogens with zero attached hydrogens (tertiary/aromatic N) is 1. The summed E-state index contributed by atoms with van der Waals surface area (Å²) >= 11 is 10.9. The van der Waals surface area contributed by atoms with Crippen LogP contribution in [0.15, 0.2) is 18.2 Å². The van der Waals surface area contributed by atoms with Crippen LogP contribution in [0, 0.1) is 0 Å². The number of hydrogen-bond donors (Lipinski definition) is 3. The summed E-state index contributed by atoms with van der Waals surface area (Å²) in [6, 6.07) is 4.81. The third kappa shape index (κ3) is 6.16. The number of nitrogens with one attached hydrogen (secondary N) is 3. The number of methoxy groups -OCH3 is 1. The molecule has 0 heterocycles. The zero-order chi connectivity index (χ0) is 15.8. The van der Waals surface area contributed by atoms with Crippen LogP contribution in [0.2, 0.25) is 5.02 Å². The van der Waals surface area contributed by atoms with Crippen molar-refractivity contribution in [1.82, 2.24) is 21.1 Å². The lowest BCUT2D eigenvalue weighted by Gasteiger charge is -2.14. The van der Waals surface area contributed by atoms with E-state index in [1.54, 1.807) is 12.1 Å². The number of benzene rings is 1. The number of likely N-dealkylation sites (N-methyl/N-ethyl adjacent to an activating group) is 1. The van der Waals surface area contributed by atoms with E-state index in [0.717, 1.165) is 6.54 Å². The van der Waals surface area contributed by atoms with Gasteiger partial charge in [-0.2, -0.15) is 0 Å². The molecule has 3 N–H and O–H groups in total. The van der Waals surface area contributed by atoms with E-state index in [1.165, 1.54) is 13.2 Å². The maximum Gasteiger partial charge on any atom is 0.273 e. The molecule has 0 unspecified atom stereocenters. The first kappa shape index (κ1) is 17.5. The molecule has 0 atom stereocenters. The fourth-order valence-electron chi connectivity index (χ4n) is 1.48. The van der Waals surface area contributed by atoms with Gasteiger partial charge in [-0.25, -0.2) is 0 Å². The van der Waals surface area contributed by atoms with Gasteiger partial charge in [0.15, 0.2) is 5.11 Å². The largest absolute Gasteiger partial charge is 0.496 e. The lowest BCUT2D eigenvalue weighted by Crippen LogP contribution is -2.48. The van der Waals surface area contributed by atoms with E-state index in [2.05, 4.69) is 16.2 Å². The number of ether oxygens (including phenoxy) is 1. The molecular formula is C13H19ClN4O2S. The molecule has 0 aliphatic carbocycles. The fourth-order valence-corrected chi connectivity index (χ4v) is 1.80. The Hall–Kier alpha value is -1.57. The second-order valence-corrected chi connectivity index (χ2v) is 5.33. The van der Waals surface area contributed by atoms with Gasteiger partial charge < -0.3 is 15.0 Å². The molecule has 0 saturated carbocycles. The predicted molar refractivity (Wildman–Crippen MR) is 87.8 cm³/mol. The number of thiocarbonyl (C=S) groups is 1. The van der Waals surface area contributed by atoms with Crippen molar-refractivity contribution in [2.24, 2.45) is 0 Å². The third-order valence-corrected chi connectivity index (χ3v) is 3.02. The molecule has 1 aromatic rings. The molecule has 0 fully saturated rings. The van der Waals surface area contributed by atoms with E-state index in [1.807, 2.05) is 19.0 Å². The highest BCUT2D eigenvalue weighted by atomic mass is 35.5. The molecule has 1 rings (SSSR count). The van der Waals surface area contributed by atoms with E-state index in [9.17, 15) is 4.79 Å². The minimum atomic E-state index is -0.383. The van der Waals surface area contributed by atoms with Crippen LogP contribution in [0.25, 0.3) is 0 Å². The summed E-state index contributed by atoms with van der Waals surface area (Å²) in [5.41, 5.74) is 5.45. The summed E-state index contributed by atoms with van der Waals surface area (Å²) < 4.78 is 5.12. The first-order chi connectivity index (χ1) is 9.93. The highest BCUT2D eigenvalue weighted by molar-refractivity contribution is 7.80. The van der Waals surface area contributed by atoms with Gasteiger partial charge >= 0.3 is 0 Å². The molecule has 1 aromatic carbocycles. The lowest BCUT2D eigenvalue weighted by atomic mass is 10.2. The quantitative estimate of drug-likeness (QED) is 0.553. The van der Waals surface area contributed by atoms with Crippen LogP contribution in [0.3, 0.4) is 0 Å². The monoisotopic (exact) mass is 330 g/mol. The van der Waals surface area contributed by atoms with Gasteiger partial charge in [0.25, 0.3) is 5.91 Å². The first-order valence-corrected chi connectivity index (χ1v) is 7.05. The molecule has 1 amide bonds. The average Bonchev–Trinajstić information content (AvgIpc) is 2.44. The van der Waals surface area contributed by atoms with Crippen molar-refractivity contribution in [1.29, 1.82) is 0 Å². The summed E-state index contributed by atoms with van der Waals surface area (Å²) in [6.45, 7) is 1.51. The summed E-state index contributed by atoms with van der Waals surface area (Å²) in [6.07, 6.45) is 0. The molecule has 0 aliphatic rings. The lowest BCUT2D eigenvalue weighted by molar-refractivity contribution is 0.0940. The number of amides is 1. The standard InChI is InChI=1S/C13H19ClN4O2S/c1-18(2)7-6-15-13(21)17-16-12(19)10-8-9(14)4-5-11(10)20-3/h4-5,8H,6-7H2,1-3H3,(H,16,19)(H2,15,17,21). The normalized spacial score (nSPS) is 10.1. The van der Waals surface area contributed by atoms with Crippen LogP contribution >= 0.6 is 23.8 Å². The second kappa shape index (κ2) is 8.66. The molecule has 8 heteroatoms. The number of hydrazine groups is 1. The van der Waals surface area contributed by atoms with Crippen LogP contribution in [0.1, 0.15) is 10.4 Å². The third-order valence-electron chi connectivity index (χ3n) is 2.54. The molecular weight excluding hydrogens is 312 g/mol. The van der Waals surface area contributed by atoms with E-state index in [-0.39, 0.29) is 5.91 Å². The topological polar surface area (TPSA) is 65.6 Å². The Bertz CT molecular complexity index is 511. The minimum Gasteiger partial charge on any atom is -0.496 e. The summed E-state index contributed by atoms with van der Waals surface area (Å²) in [7, 11) is 5.41. The molecule has 0 aliphatic heterocycles. The summed E-state index contributed by atoms with van der Waals surface area (Å²) in [5.74, 6) is 0.0521. The zero-order valence-corrected chi connectivity index (χ0v) is 13.8. The van der Waals surface area contributed by atoms with Gasteiger partial charge in [0.2, 0.25) is 0 Å². The van der Waals surface area contributed by atoms with Crippen molar-refractivity contribution < 1.29 is 9.53 Å². The van der Waals surface area contributed by atoms with Crippen LogP contribution < -0.4 is 20.9 Å². The molecule has 0 bridgehead atoms. The Kier molecular flexibility index (Phi) is 7.21. The number of carbonyl (C=O) groups is 1. The van der Waals surface area contributed by atoms with Crippen molar-refractivity contribution in [2.45, 2.75) is 0 Å². The maximum atomic E-state index is 12.1. The van der Waals surface area contributed by atoms with Crippen molar-refractivity contribution in [2.75, 3.05) is 34.3 Å². The van der Waals surface area contributed by atoms with Gasteiger partial charge in [0, 0.05) is 18.1 Å². The first-order valence-electron chi connectivity index (χ1n) is 6.26. The number of carbonyl (C=O) groups excluding carboxylic acids is 1. The Labute approximate surface area is 134 Å². The Balaban J connectivity index is 2.50. The molecule has 116 valence electrons. The van der Waals surface area contributed by atoms with Crippen molar-refractivity contribution in [3.63, 3.8) is 0 Å². The molecule has 0 aromatic heterocycles. The van der Waals surface area contributed by atoms with Gasteiger partial charge in [0.1, 0.15) is 5.75 Å². The van der Waals surface area contributed by atoms with E-state index < -0.39 is 0 Å². The van der Waals surface area contributed by atoms with Crippen molar-refractivity contribution in [3.8, 4) is 5.75 Å². The minimum absolute atomic E-state index is 0.327. The Morgan fingerprint density at radius 2 is 2.10 bits per heavy atom. The molecule has 0 saturated heterocycles. The van der Waals surface area contributed by atoms with Crippen LogP contribution in [0.4, 0.5) is 0 Å². The highest BCUT2D eigenvalue weighted by Gasteiger charge is 2.12. The van der Waals surface area contributed by atoms with Crippen molar-refractivity contribution >= 4 is 34.8 Å². The highest BCUT2D eigenvalue weighted by Crippen LogP contribution is 2.22. The van der Waals surface area contributed by atoms with E-state index >= 15 is 0 Å². The number of halogens is 1. The fraction of sp³-hybridized carbons (Fsp3) is 0.385. The second-order valence-electron chi connectivity index (χ2n) is 4.48. The zero-order valence-electron chi connectivity index (χ0n) is 12.2. The average molecular weight is 331 g/mol. The van der Waals surface area contributed by atoms with Gasteiger partial charge in [-0.15, -0.1) is 0 Å². The Morgan fingerprint density at radius 1 is 1.38 bits per heavy atom. The predicted octanol–water partition coefficient (Wildman–Crippen LogP) is 1.02. The van der Waals surface area contributed by atoms with Gasteiger partial charge in [-0.1, -0.05) is 11.6 Å². The molecule has 21 heavy (non-hydrogen) atoms. The molecule has 6 nitrogen and oxygen atoms in total. The van der Waals surface area contributed by atoms with E-state index in [0.29, 0.717) is 28.0 Å². The number of rotatable bonds is 5. The molecule has 0 radical (unpaired) electrons.